The van der Waals surface area contributed by atoms with Gasteiger partial charge in [-0.05, 0) is 42.3 Å². The van der Waals surface area contributed by atoms with Crippen LogP contribution in [0, 0.1) is 17.2 Å². The summed E-state index contributed by atoms with van der Waals surface area (Å²) >= 11 is 1.20. The van der Waals surface area contributed by atoms with Gasteiger partial charge in [-0.15, -0.1) is 11.3 Å². The molecule has 7 nitrogen and oxygen atoms in total. The normalized spacial score (nSPS) is 11.4. The van der Waals surface area contributed by atoms with Crippen LogP contribution in [0.15, 0.2) is 30.3 Å². The molecule has 1 aromatic heterocycles. The van der Waals surface area contributed by atoms with E-state index in [9.17, 15) is 9.59 Å². The Kier molecular flexibility index (Phi) is 5.98. The number of ether oxygens (including phenoxy) is 1. The van der Waals surface area contributed by atoms with Crippen molar-refractivity contribution in [1.29, 1.82) is 5.26 Å². The van der Waals surface area contributed by atoms with E-state index in [0.29, 0.717) is 17.4 Å². The number of urea groups is 1. The first-order chi connectivity index (χ1) is 11.9. The van der Waals surface area contributed by atoms with Gasteiger partial charge in [-0.25, -0.2) is 4.79 Å². The van der Waals surface area contributed by atoms with E-state index in [0.717, 1.165) is 16.9 Å². The Morgan fingerprint density at radius 2 is 2.00 bits per heavy atom. The van der Waals surface area contributed by atoms with Gasteiger partial charge in [0.15, 0.2) is 0 Å². The molecule has 1 heterocycles. The number of nitrogens with one attached hydrogen (secondary N) is 1. The van der Waals surface area contributed by atoms with Crippen LogP contribution < -0.4 is 21.5 Å². The van der Waals surface area contributed by atoms with Crippen molar-refractivity contribution in [2.75, 3.05) is 11.9 Å². The summed E-state index contributed by atoms with van der Waals surface area (Å²) in [7, 11) is 0. The van der Waals surface area contributed by atoms with Crippen LogP contribution in [0.5, 0.6) is 5.75 Å². The quantitative estimate of drug-likeness (QED) is 0.702. The maximum Gasteiger partial charge on any atom is 0.317 e. The third-order valence-corrected chi connectivity index (χ3v) is 4.60. The molecule has 2 aromatic rings. The molecule has 5 N–H and O–H groups in total. The lowest BCUT2D eigenvalue weighted by molar-refractivity contribution is 0.100. The average Bonchev–Trinajstić information content (AvgIpc) is 2.99. The van der Waals surface area contributed by atoms with Crippen LogP contribution in [0.2, 0.25) is 0 Å². The number of rotatable bonds is 7. The first-order valence-corrected chi connectivity index (χ1v) is 8.39. The number of hydrogen-bond donors (Lipinski definition) is 3. The summed E-state index contributed by atoms with van der Waals surface area (Å²) in [6, 6.07) is 10.2. The highest BCUT2D eigenvalue weighted by atomic mass is 32.1. The maximum absolute atomic E-state index is 11.5. The highest BCUT2D eigenvalue weighted by Crippen LogP contribution is 2.35. The van der Waals surface area contributed by atoms with Crippen molar-refractivity contribution in [2.45, 2.75) is 13.3 Å². The summed E-state index contributed by atoms with van der Waals surface area (Å²) in [5, 5.41) is 11.6. The number of amides is 3. The smallest absolute Gasteiger partial charge is 0.317 e. The zero-order chi connectivity index (χ0) is 18.4. The van der Waals surface area contributed by atoms with Crippen molar-refractivity contribution in [3.8, 4) is 22.3 Å². The summed E-state index contributed by atoms with van der Waals surface area (Å²) in [6.07, 6.45) is 0.731. The molecule has 0 saturated carbocycles. The van der Waals surface area contributed by atoms with E-state index in [4.69, 9.17) is 21.5 Å². The van der Waals surface area contributed by atoms with E-state index in [1.807, 2.05) is 19.1 Å². The minimum atomic E-state index is -0.761. The van der Waals surface area contributed by atoms with Gasteiger partial charge in [0, 0.05) is 4.88 Å². The molecule has 1 atom stereocenters. The summed E-state index contributed by atoms with van der Waals surface area (Å²) in [4.78, 5) is 23.3. The molecule has 0 aliphatic carbocycles. The summed E-state index contributed by atoms with van der Waals surface area (Å²) < 4.78 is 5.59. The van der Waals surface area contributed by atoms with Gasteiger partial charge < -0.3 is 16.2 Å². The predicted octanol–water partition coefficient (Wildman–Crippen LogP) is 2.93. The number of thiophene rings is 1. The fourth-order valence-electron chi connectivity index (χ4n) is 2.08. The van der Waals surface area contributed by atoms with Crippen LogP contribution in [0.25, 0.3) is 10.4 Å². The Hall–Kier alpha value is -3.05. The lowest BCUT2D eigenvalue weighted by Gasteiger charge is -2.09. The second-order valence-electron chi connectivity index (χ2n) is 5.28. The number of nitriles is 1. The zero-order valence-corrected chi connectivity index (χ0v) is 14.4. The predicted molar refractivity (Wildman–Crippen MR) is 96.4 cm³/mol. The van der Waals surface area contributed by atoms with Crippen LogP contribution in [-0.4, -0.2) is 18.5 Å². The second kappa shape index (κ2) is 8.17. The summed E-state index contributed by atoms with van der Waals surface area (Å²) in [5.74, 6) is -0.134. The van der Waals surface area contributed by atoms with E-state index < -0.39 is 11.9 Å². The van der Waals surface area contributed by atoms with Crippen molar-refractivity contribution < 1.29 is 14.3 Å². The standard InChI is InChI=1S/C17H18N4O3S/c1-2-10(8-18)9-24-12-5-3-11(4-6-12)14-7-13(15(19)22)16(25-14)21-17(20)23/h3-7,10H,2,9H2,1H3,(H2,19,22)(H3,20,21,23). The minimum absolute atomic E-state index is 0.141. The Labute approximate surface area is 149 Å². The van der Waals surface area contributed by atoms with Crippen molar-refractivity contribution in [1.82, 2.24) is 0 Å². The maximum atomic E-state index is 11.5. The molecule has 0 aliphatic heterocycles. The van der Waals surface area contributed by atoms with Crippen molar-refractivity contribution in [3.63, 3.8) is 0 Å². The second-order valence-corrected chi connectivity index (χ2v) is 6.33. The van der Waals surface area contributed by atoms with E-state index in [2.05, 4.69) is 11.4 Å². The summed E-state index contributed by atoms with van der Waals surface area (Å²) in [6.45, 7) is 2.27. The van der Waals surface area contributed by atoms with E-state index in [-0.39, 0.29) is 11.5 Å². The van der Waals surface area contributed by atoms with Gasteiger partial charge >= 0.3 is 6.03 Å². The number of primary amides is 2. The molecular formula is C17H18N4O3S. The first-order valence-electron chi connectivity index (χ1n) is 7.57. The van der Waals surface area contributed by atoms with Crippen LogP contribution in [0.3, 0.4) is 0 Å². The van der Waals surface area contributed by atoms with Crippen LogP contribution in [0.1, 0.15) is 23.7 Å². The third kappa shape index (κ3) is 4.71. The molecule has 1 aromatic carbocycles. The molecule has 3 amide bonds. The Bertz CT molecular complexity index is 808. The van der Waals surface area contributed by atoms with Gasteiger partial charge in [0.2, 0.25) is 0 Å². The topological polar surface area (TPSA) is 131 Å². The van der Waals surface area contributed by atoms with Crippen molar-refractivity contribution in [3.05, 3.63) is 35.9 Å². The largest absolute Gasteiger partial charge is 0.492 e. The lowest BCUT2D eigenvalue weighted by Crippen LogP contribution is -2.21. The molecule has 0 saturated heterocycles. The van der Waals surface area contributed by atoms with Gasteiger partial charge in [0.1, 0.15) is 17.4 Å². The monoisotopic (exact) mass is 358 g/mol. The number of benzene rings is 1. The molecule has 130 valence electrons. The molecule has 25 heavy (non-hydrogen) atoms. The van der Waals surface area contributed by atoms with Gasteiger partial charge in [-0.2, -0.15) is 5.26 Å². The van der Waals surface area contributed by atoms with Gasteiger partial charge in [0.25, 0.3) is 5.91 Å². The number of nitrogens with zero attached hydrogens (tertiary/aromatic N) is 1. The zero-order valence-electron chi connectivity index (χ0n) is 13.6. The first kappa shape index (κ1) is 18.3. The Balaban J connectivity index is 2.18. The molecular weight excluding hydrogens is 340 g/mol. The lowest BCUT2D eigenvalue weighted by atomic mass is 10.1. The fraction of sp³-hybridized carbons (Fsp3) is 0.235. The van der Waals surface area contributed by atoms with Gasteiger partial charge in [-0.3, -0.25) is 10.1 Å². The van der Waals surface area contributed by atoms with Gasteiger partial charge in [-0.1, -0.05) is 6.92 Å². The highest BCUT2D eigenvalue weighted by Gasteiger charge is 2.16. The highest BCUT2D eigenvalue weighted by molar-refractivity contribution is 7.20. The number of hydrogen-bond acceptors (Lipinski definition) is 5. The Morgan fingerprint density at radius 3 is 2.52 bits per heavy atom. The molecule has 0 spiro atoms. The number of nitrogens with two attached hydrogens (primary N) is 2. The average molecular weight is 358 g/mol. The minimum Gasteiger partial charge on any atom is -0.492 e. The SMILES string of the molecule is CCC(C#N)COc1ccc(-c2cc(C(N)=O)c(NC(N)=O)s2)cc1. The van der Waals surface area contributed by atoms with Crippen LogP contribution in [0.4, 0.5) is 9.80 Å². The molecule has 0 bridgehead atoms. The van der Waals surface area contributed by atoms with Crippen molar-refractivity contribution in [2.24, 2.45) is 17.4 Å². The Morgan fingerprint density at radius 1 is 1.32 bits per heavy atom. The number of anilines is 1. The van der Waals surface area contributed by atoms with Crippen LogP contribution >= 0.6 is 11.3 Å². The van der Waals surface area contributed by atoms with Crippen molar-refractivity contribution >= 4 is 28.3 Å². The molecule has 8 heteroatoms. The molecule has 1 unspecified atom stereocenters. The molecule has 0 fully saturated rings. The van der Waals surface area contributed by atoms with Crippen LogP contribution in [-0.2, 0) is 0 Å². The van der Waals surface area contributed by atoms with E-state index >= 15 is 0 Å². The number of carbonyl (C=O) groups is 2. The fourth-order valence-corrected chi connectivity index (χ4v) is 3.15. The van der Waals surface area contributed by atoms with E-state index in [1.165, 1.54) is 11.3 Å². The molecule has 0 aliphatic rings. The van der Waals surface area contributed by atoms with Gasteiger partial charge in [0.05, 0.1) is 17.6 Å². The van der Waals surface area contributed by atoms with E-state index in [1.54, 1.807) is 18.2 Å². The molecule has 2 rings (SSSR count). The summed E-state index contributed by atoms with van der Waals surface area (Å²) in [5.41, 5.74) is 11.5. The molecule has 0 radical (unpaired) electrons. The number of carbonyl (C=O) groups excluding carboxylic acids is 2. The third-order valence-electron chi connectivity index (χ3n) is 3.50.